The topological polar surface area (TPSA) is 72.2 Å². The van der Waals surface area contributed by atoms with E-state index in [4.69, 9.17) is 9.15 Å². The lowest BCUT2D eigenvalue weighted by Gasteiger charge is -2.07. The summed E-state index contributed by atoms with van der Waals surface area (Å²) >= 11 is 0. The first-order chi connectivity index (χ1) is 7.77. The van der Waals surface area contributed by atoms with E-state index in [1.807, 2.05) is 6.92 Å². The predicted octanol–water partition coefficient (Wildman–Crippen LogP) is 1.19. The molecule has 0 bridgehead atoms. The Bertz CT molecular complexity index is 290. The second-order valence-corrected chi connectivity index (χ2v) is 3.54. The van der Waals surface area contributed by atoms with Gasteiger partial charge in [0.05, 0.1) is 12.6 Å². The lowest BCUT2D eigenvalue weighted by Crippen LogP contribution is -2.19. The Morgan fingerprint density at radius 3 is 2.88 bits per heavy atom. The fourth-order valence-electron chi connectivity index (χ4n) is 1.19. The van der Waals surface area contributed by atoms with Crippen LogP contribution in [0.2, 0.25) is 0 Å². The van der Waals surface area contributed by atoms with Crippen molar-refractivity contribution >= 4 is 6.01 Å². The van der Waals surface area contributed by atoms with E-state index in [0.717, 1.165) is 13.0 Å². The summed E-state index contributed by atoms with van der Waals surface area (Å²) in [7, 11) is 1.65. The molecule has 0 amide bonds. The minimum atomic E-state index is 0.0884. The smallest absolute Gasteiger partial charge is 0.315 e. The molecule has 2 N–H and O–H groups in total. The second-order valence-electron chi connectivity index (χ2n) is 3.54. The van der Waals surface area contributed by atoms with E-state index in [-0.39, 0.29) is 6.04 Å². The fourth-order valence-corrected chi connectivity index (χ4v) is 1.19. The summed E-state index contributed by atoms with van der Waals surface area (Å²) in [4.78, 5) is 0. The van der Waals surface area contributed by atoms with Gasteiger partial charge in [-0.05, 0) is 19.9 Å². The third-order valence-corrected chi connectivity index (χ3v) is 2.09. The van der Waals surface area contributed by atoms with E-state index in [2.05, 4.69) is 27.8 Å². The van der Waals surface area contributed by atoms with E-state index in [0.29, 0.717) is 25.1 Å². The maximum Gasteiger partial charge on any atom is 0.315 e. The summed E-state index contributed by atoms with van der Waals surface area (Å²) in [5.41, 5.74) is 0. The van der Waals surface area contributed by atoms with Crippen LogP contribution >= 0.6 is 0 Å². The SMILES string of the molecule is CCCNC(C)c1nnc(NCCOC)o1. The number of hydrogen-bond acceptors (Lipinski definition) is 6. The predicted molar refractivity (Wildman–Crippen MR) is 61.4 cm³/mol. The van der Waals surface area contributed by atoms with Crippen LogP contribution < -0.4 is 10.6 Å². The molecular weight excluding hydrogens is 208 g/mol. The molecule has 0 aromatic carbocycles. The van der Waals surface area contributed by atoms with Crippen LogP contribution in [0.3, 0.4) is 0 Å². The van der Waals surface area contributed by atoms with E-state index in [1.54, 1.807) is 7.11 Å². The van der Waals surface area contributed by atoms with Gasteiger partial charge in [-0.2, -0.15) is 0 Å². The van der Waals surface area contributed by atoms with Gasteiger partial charge >= 0.3 is 6.01 Å². The molecule has 1 atom stereocenters. The van der Waals surface area contributed by atoms with E-state index in [1.165, 1.54) is 0 Å². The Morgan fingerprint density at radius 2 is 2.19 bits per heavy atom. The Balaban J connectivity index is 2.37. The number of ether oxygens (including phenoxy) is 1. The second kappa shape index (κ2) is 7.19. The Labute approximate surface area is 95.8 Å². The van der Waals surface area contributed by atoms with Crippen LogP contribution in [0, 0.1) is 0 Å². The molecule has 0 aliphatic heterocycles. The van der Waals surface area contributed by atoms with Gasteiger partial charge in [-0.15, -0.1) is 5.10 Å². The normalized spacial score (nSPS) is 12.7. The molecule has 6 heteroatoms. The van der Waals surface area contributed by atoms with Crippen LogP contribution in [-0.2, 0) is 4.74 Å². The number of rotatable bonds is 8. The average Bonchev–Trinajstić information content (AvgIpc) is 2.75. The summed E-state index contributed by atoms with van der Waals surface area (Å²) in [6.45, 7) is 6.33. The minimum Gasteiger partial charge on any atom is -0.406 e. The lowest BCUT2D eigenvalue weighted by molar-refractivity contribution is 0.210. The lowest BCUT2D eigenvalue weighted by atomic mass is 10.3. The number of aromatic nitrogens is 2. The van der Waals surface area contributed by atoms with E-state index >= 15 is 0 Å². The highest BCUT2D eigenvalue weighted by Crippen LogP contribution is 2.13. The van der Waals surface area contributed by atoms with Crippen LogP contribution in [0.4, 0.5) is 6.01 Å². The molecular formula is C10H20N4O2. The van der Waals surface area contributed by atoms with Gasteiger partial charge in [0, 0.05) is 13.7 Å². The summed E-state index contributed by atoms with van der Waals surface area (Å²) in [5, 5.41) is 14.1. The van der Waals surface area contributed by atoms with Gasteiger partial charge < -0.3 is 19.8 Å². The maximum atomic E-state index is 5.44. The van der Waals surface area contributed by atoms with Crippen molar-refractivity contribution in [2.24, 2.45) is 0 Å². The molecule has 0 saturated carbocycles. The van der Waals surface area contributed by atoms with Crippen molar-refractivity contribution in [2.75, 3.05) is 32.1 Å². The average molecular weight is 228 g/mol. The molecule has 0 aliphatic carbocycles. The van der Waals surface area contributed by atoms with Crippen molar-refractivity contribution in [2.45, 2.75) is 26.3 Å². The van der Waals surface area contributed by atoms with Gasteiger partial charge in [0.25, 0.3) is 0 Å². The largest absolute Gasteiger partial charge is 0.406 e. The number of anilines is 1. The van der Waals surface area contributed by atoms with Crippen molar-refractivity contribution in [3.05, 3.63) is 5.89 Å². The Hall–Kier alpha value is -1.14. The number of methoxy groups -OCH3 is 1. The van der Waals surface area contributed by atoms with Crippen molar-refractivity contribution < 1.29 is 9.15 Å². The zero-order valence-corrected chi connectivity index (χ0v) is 10.1. The molecule has 0 aliphatic rings. The van der Waals surface area contributed by atoms with Gasteiger partial charge in [-0.25, -0.2) is 0 Å². The zero-order valence-electron chi connectivity index (χ0n) is 10.1. The van der Waals surface area contributed by atoms with Crippen LogP contribution in [0.5, 0.6) is 0 Å². The molecule has 1 aromatic heterocycles. The summed E-state index contributed by atoms with van der Waals surface area (Å²) in [5.74, 6) is 0.605. The fraction of sp³-hybridized carbons (Fsp3) is 0.800. The first kappa shape index (κ1) is 12.9. The molecule has 1 heterocycles. The first-order valence-electron chi connectivity index (χ1n) is 5.57. The highest BCUT2D eigenvalue weighted by molar-refractivity contribution is 5.16. The van der Waals surface area contributed by atoms with Gasteiger partial charge in [0.15, 0.2) is 0 Å². The van der Waals surface area contributed by atoms with Crippen LogP contribution in [-0.4, -0.2) is 37.0 Å². The zero-order chi connectivity index (χ0) is 11.8. The van der Waals surface area contributed by atoms with Crippen molar-refractivity contribution in [3.8, 4) is 0 Å². The molecule has 6 nitrogen and oxygen atoms in total. The van der Waals surface area contributed by atoms with Gasteiger partial charge in [-0.3, -0.25) is 0 Å². The van der Waals surface area contributed by atoms with Crippen LogP contribution in [0.1, 0.15) is 32.2 Å². The summed E-state index contributed by atoms with van der Waals surface area (Å²) in [6.07, 6.45) is 1.08. The molecule has 0 fully saturated rings. The molecule has 1 unspecified atom stereocenters. The molecule has 0 radical (unpaired) electrons. The molecule has 0 saturated heterocycles. The molecule has 16 heavy (non-hydrogen) atoms. The van der Waals surface area contributed by atoms with E-state index < -0.39 is 0 Å². The highest BCUT2D eigenvalue weighted by Gasteiger charge is 2.12. The third kappa shape index (κ3) is 4.16. The van der Waals surface area contributed by atoms with Crippen LogP contribution in [0.15, 0.2) is 4.42 Å². The summed E-state index contributed by atoms with van der Waals surface area (Å²) < 4.78 is 10.3. The van der Waals surface area contributed by atoms with Gasteiger partial charge in [0.2, 0.25) is 5.89 Å². The van der Waals surface area contributed by atoms with Crippen molar-refractivity contribution in [1.29, 1.82) is 0 Å². The highest BCUT2D eigenvalue weighted by atomic mass is 16.5. The quantitative estimate of drug-likeness (QED) is 0.651. The number of hydrogen-bond donors (Lipinski definition) is 2. The van der Waals surface area contributed by atoms with E-state index in [9.17, 15) is 0 Å². The Morgan fingerprint density at radius 1 is 1.38 bits per heavy atom. The van der Waals surface area contributed by atoms with Gasteiger partial charge in [0.1, 0.15) is 0 Å². The number of nitrogens with one attached hydrogen (secondary N) is 2. The molecule has 1 aromatic rings. The van der Waals surface area contributed by atoms with Gasteiger partial charge in [-0.1, -0.05) is 12.0 Å². The van der Waals surface area contributed by atoms with Crippen molar-refractivity contribution in [3.63, 3.8) is 0 Å². The van der Waals surface area contributed by atoms with Crippen molar-refractivity contribution in [1.82, 2.24) is 15.5 Å². The monoisotopic (exact) mass is 228 g/mol. The minimum absolute atomic E-state index is 0.0884. The molecule has 0 spiro atoms. The first-order valence-corrected chi connectivity index (χ1v) is 5.57. The third-order valence-electron chi connectivity index (χ3n) is 2.09. The Kier molecular flexibility index (Phi) is 5.81. The van der Waals surface area contributed by atoms with Crippen LogP contribution in [0.25, 0.3) is 0 Å². The molecule has 92 valence electrons. The standard InChI is InChI=1S/C10H20N4O2/c1-4-5-11-8(2)9-13-14-10(16-9)12-6-7-15-3/h8,11H,4-7H2,1-3H3,(H,12,14). The summed E-state index contributed by atoms with van der Waals surface area (Å²) in [6, 6.07) is 0.530. The molecule has 1 rings (SSSR count). The number of nitrogens with zero attached hydrogens (tertiary/aromatic N) is 2. The maximum absolute atomic E-state index is 5.44.